The van der Waals surface area contributed by atoms with Crippen LogP contribution in [0.2, 0.25) is 0 Å². The minimum absolute atomic E-state index is 0.224. The molecule has 2 heterocycles. The van der Waals surface area contributed by atoms with Crippen LogP contribution >= 0.6 is 11.3 Å². The maximum absolute atomic E-state index is 12.9. The van der Waals surface area contributed by atoms with Crippen molar-refractivity contribution in [1.82, 2.24) is 19.8 Å². The molecule has 0 aliphatic carbocycles. The average Bonchev–Trinajstić information content (AvgIpc) is 3.16. The van der Waals surface area contributed by atoms with Crippen molar-refractivity contribution in [2.75, 3.05) is 0 Å². The maximum atomic E-state index is 12.9. The molecule has 5 nitrogen and oxygen atoms in total. The molecule has 0 radical (unpaired) electrons. The Morgan fingerprint density at radius 3 is 2.58 bits per heavy atom. The van der Waals surface area contributed by atoms with E-state index in [0.29, 0.717) is 11.6 Å². The van der Waals surface area contributed by atoms with E-state index >= 15 is 0 Å². The second-order valence-electron chi connectivity index (χ2n) is 5.21. The molecule has 4 rings (SSSR count). The van der Waals surface area contributed by atoms with Crippen molar-refractivity contribution < 1.29 is 9.13 Å². The molecule has 7 heteroatoms. The lowest BCUT2D eigenvalue weighted by Crippen LogP contribution is -2.02. The van der Waals surface area contributed by atoms with E-state index in [2.05, 4.69) is 27.4 Å². The summed E-state index contributed by atoms with van der Waals surface area (Å²) in [5, 5.41) is 13.8. The lowest BCUT2D eigenvalue weighted by atomic mass is 10.2. The second kappa shape index (κ2) is 6.37. The van der Waals surface area contributed by atoms with Crippen LogP contribution in [0.1, 0.15) is 16.4 Å². The second-order valence-corrected chi connectivity index (χ2v) is 6.25. The molecule has 4 aromatic rings. The highest BCUT2D eigenvalue weighted by molar-refractivity contribution is 7.16. The Balaban J connectivity index is 1.50. The van der Waals surface area contributed by atoms with Gasteiger partial charge in [-0.1, -0.05) is 41.7 Å². The van der Waals surface area contributed by atoms with Crippen molar-refractivity contribution in [3.8, 4) is 5.75 Å². The van der Waals surface area contributed by atoms with E-state index in [1.165, 1.54) is 29.0 Å². The first-order valence-corrected chi connectivity index (χ1v) is 8.22. The van der Waals surface area contributed by atoms with Gasteiger partial charge in [0.1, 0.15) is 23.2 Å². The van der Waals surface area contributed by atoms with Crippen LogP contribution in [0, 0.1) is 5.82 Å². The van der Waals surface area contributed by atoms with Crippen LogP contribution in [0.3, 0.4) is 0 Å². The molecule has 0 atom stereocenters. The molecule has 0 bridgehead atoms. The van der Waals surface area contributed by atoms with Crippen LogP contribution in [-0.4, -0.2) is 19.8 Å². The number of fused-ring (bicyclic) bond motifs is 1. The number of rotatable bonds is 5. The molecular weight excluding hydrogens is 327 g/mol. The zero-order valence-corrected chi connectivity index (χ0v) is 13.4. The smallest absolute Gasteiger partial charge is 0.234 e. The summed E-state index contributed by atoms with van der Waals surface area (Å²) in [5.41, 5.74) is 1.20. The summed E-state index contributed by atoms with van der Waals surface area (Å²) in [4.78, 5) is 0.735. The number of benzene rings is 2. The summed E-state index contributed by atoms with van der Waals surface area (Å²) in [5.74, 6) is 0.898. The number of nitrogens with zero attached hydrogens (tertiary/aromatic N) is 4. The molecule has 2 aromatic heterocycles. The van der Waals surface area contributed by atoms with Gasteiger partial charge in [-0.25, -0.2) is 4.39 Å². The minimum atomic E-state index is -0.294. The van der Waals surface area contributed by atoms with Crippen LogP contribution in [0.15, 0.2) is 54.6 Å². The Labute approximate surface area is 141 Å². The van der Waals surface area contributed by atoms with E-state index in [-0.39, 0.29) is 12.4 Å². The third kappa shape index (κ3) is 3.11. The molecular formula is C17H13FN4OS. The number of hydrogen-bond acceptors (Lipinski definition) is 5. The molecule has 0 fully saturated rings. The molecule has 2 aromatic carbocycles. The highest BCUT2D eigenvalue weighted by Gasteiger charge is 2.12. The van der Waals surface area contributed by atoms with Gasteiger partial charge >= 0.3 is 0 Å². The van der Waals surface area contributed by atoms with Crippen molar-refractivity contribution in [1.29, 1.82) is 0 Å². The number of halogens is 1. The van der Waals surface area contributed by atoms with Crippen molar-refractivity contribution >= 4 is 16.3 Å². The first-order chi connectivity index (χ1) is 11.8. The molecule has 0 aliphatic heterocycles. The van der Waals surface area contributed by atoms with Crippen LogP contribution in [0.25, 0.3) is 4.96 Å². The monoisotopic (exact) mass is 340 g/mol. The van der Waals surface area contributed by atoms with Gasteiger partial charge in [-0.05, 0) is 29.8 Å². The van der Waals surface area contributed by atoms with Crippen LogP contribution in [0.4, 0.5) is 4.39 Å². The normalized spacial score (nSPS) is 11.0. The van der Waals surface area contributed by atoms with Crippen LogP contribution in [0.5, 0.6) is 5.75 Å². The first-order valence-electron chi connectivity index (χ1n) is 7.40. The van der Waals surface area contributed by atoms with E-state index in [4.69, 9.17) is 4.74 Å². The van der Waals surface area contributed by atoms with Gasteiger partial charge in [0.05, 0.1) is 0 Å². The maximum Gasteiger partial charge on any atom is 0.234 e. The number of hydrogen-bond donors (Lipinski definition) is 0. The molecule has 0 spiro atoms. The van der Waals surface area contributed by atoms with E-state index in [9.17, 15) is 4.39 Å². The summed E-state index contributed by atoms with van der Waals surface area (Å²) in [6, 6.07) is 16.0. The first kappa shape index (κ1) is 14.8. The van der Waals surface area contributed by atoms with E-state index in [0.717, 1.165) is 16.4 Å². The Kier molecular flexibility index (Phi) is 3.92. The van der Waals surface area contributed by atoms with Crippen molar-refractivity contribution in [3.63, 3.8) is 0 Å². The molecule has 0 saturated heterocycles. The Morgan fingerprint density at radius 1 is 1.00 bits per heavy atom. The lowest BCUT2D eigenvalue weighted by molar-refractivity contribution is 0.292. The quantitative estimate of drug-likeness (QED) is 0.558. The fraction of sp³-hybridized carbons (Fsp3) is 0.118. The van der Waals surface area contributed by atoms with Gasteiger partial charge in [0.2, 0.25) is 4.96 Å². The molecule has 0 aliphatic rings. The lowest BCUT2D eigenvalue weighted by Gasteiger charge is -2.03. The zero-order chi connectivity index (χ0) is 16.4. The summed E-state index contributed by atoms with van der Waals surface area (Å²) in [7, 11) is 0. The third-order valence-electron chi connectivity index (χ3n) is 3.48. The van der Waals surface area contributed by atoms with Gasteiger partial charge < -0.3 is 4.74 Å². The SMILES string of the molecule is Fc1ccc(OCc2nnc3sc(Cc4ccccc4)nn23)cc1. The van der Waals surface area contributed by atoms with E-state index in [1.54, 1.807) is 16.6 Å². The minimum Gasteiger partial charge on any atom is -0.486 e. The Hall–Kier alpha value is -2.80. The summed E-state index contributed by atoms with van der Waals surface area (Å²) < 4.78 is 20.2. The Bertz CT molecular complexity index is 950. The molecule has 0 unspecified atom stereocenters. The van der Waals surface area contributed by atoms with Crippen molar-refractivity contribution in [3.05, 3.63) is 76.8 Å². The van der Waals surface area contributed by atoms with Gasteiger partial charge in [-0.15, -0.1) is 10.2 Å². The third-order valence-corrected chi connectivity index (χ3v) is 4.38. The molecule has 24 heavy (non-hydrogen) atoms. The number of ether oxygens (including phenoxy) is 1. The number of aromatic nitrogens is 4. The predicted molar refractivity (Wildman–Crippen MR) is 88.6 cm³/mol. The van der Waals surface area contributed by atoms with Gasteiger partial charge in [0.25, 0.3) is 0 Å². The standard InChI is InChI=1S/C17H13FN4OS/c18-13-6-8-14(9-7-13)23-11-15-19-20-17-22(15)21-16(24-17)10-12-4-2-1-3-5-12/h1-9H,10-11H2. The summed E-state index contributed by atoms with van der Waals surface area (Å²) in [6.07, 6.45) is 0.757. The van der Waals surface area contributed by atoms with E-state index in [1.807, 2.05) is 18.2 Å². The highest BCUT2D eigenvalue weighted by atomic mass is 32.1. The van der Waals surface area contributed by atoms with E-state index < -0.39 is 0 Å². The van der Waals surface area contributed by atoms with Crippen LogP contribution in [-0.2, 0) is 13.0 Å². The Morgan fingerprint density at radius 2 is 1.79 bits per heavy atom. The van der Waals surface area contributed by atoms with Crippen LogP contribution < -0.4 is 4.74 Å². The molecule has 0 saturated carbocycles. The topological polar surface area (TPSA) is 52.3 Å². The average molecular weight is 340 g/mol. The highest BCUT2D eigenvalue weighted by Crippen LogP contribution is 2.19. The summed E-state index contributed by atoms with van der Waals surface area (Å²) in [6.45, 7) is 0.224. The molecule has 120 valence electrons. The molecule has 0 N–H and O–H groups in total. The predicted octanol–water partition coefficient (Wildman–Crippen LogP) is 3.49. The van der Waals surface area contributed by atoms with Gasteiger partial charge in [-0.2, -0.15) is 9.61 Å². The van der Waals surface area contributed by atoms with Crippen molar-refractivity contribution in [2.24, 2.45) is 0 Å². The van der Waals surface area contributed by atoms with Crippen molar-refractivity contribution in [2.45, 2.75) is 13.0 Å². The summed E-state index contributed by atoms with van der Waals surface area (Å²) >= 11 is 1.51. The fourth-order valence-electron chi connectivity index (χ4n) is 2.31. The molecule has 0 amide bonds. The van der Waals surface area contributed by atoms with Gasteiger partial charge in [0.15, 0.2) is 5.82 Å². The van der Waals surface area contributed by atoms with Gasteiger partial charge in [-0.3, -0.25) is 0 Å². The fourth-order valence-corrected chi connectivity index (χ4v) is 3.19. The van der Waals surface area contributed by atoms with Gasteiger partial charge in [0, 0.05) is 6.42 Å². The zero-order valence-electron chi connectivity index (χ0n) is 12.6. The largest absolute Gasteiger partial charge is 0.486 e.